The van der Waals surface area contributed by atoms with Gasteiger partial charge in [0, 0.05) is 13.1 Å². The van der Waals surface area contributed by atoms with E-state index >= 15 is 0 Å². The van der Waals surface area contributed by atoms with Crippen molar-refractivity contribution in [2.24, 2.45) is 0 Å². The zero-order valence-corrected chi connectivity index (χ0v) is 14.2. The number of nitrogens with one attached hydrogen (secondary N) is 1. The summed E-state index contributed by atoms with van der Waals surface area (Å²) in [6, 6.07) is 20.9. The molecule has 3 nitrogen and oxygen atoms in total. The van der Waals surface area contributed by atoms with Gasteiger partial charge < -0.3 is 5.32 Å². The van der Waals surface area contributed by atoms with Crippen LogP contribution in [0.25, 0.3) is 0 Å². The van der Waals surface area contributed by atoms with Crippen LogP contribution in [0.4, 0.5) is 0 Å². The van der Waals surface area contributed by atoms with E-state index < -0.39 is 0 Å². The normalized spacial score (nSPS) is 17.8. The first-order chi connectivity index (χ1) is 11.8. The lowest BCUT2D eigenvalue weighted by Gasteiger charge is -2.23. The Hall–Kier alpha value is -2.13. The molecule has 126 valence electrons. The lowest BCUT2D eigenvalue weighted by atomic mass is 10.1. The van der Waals surface area contributed by atoms with Crippen molar-refractivity contribution in [3.05, 3.63) is 71.8 Å². The minimum absolute atomic E-state index is 0.0296. The van der Waals surface area contributed by atoms with Crippen molar-refractivity contribution in [3.63, 3.8) is 0 Å². The maximum absolute atomic E-state index is 12.5. The van der Waals surface area contributed by atoms with E-state index in [1.807, 2.05) is 12.1 Å². The van der Waals surface area contributed by atoms with Gasteiger partial charge in [-0.05, 0) is 43.4 Å². The number of nitrogens with zero attached hydrogens (tertiary/aromatic N) is 1. The topological polar surface area (TPSA) is 32.3 Å². The Labute approximate surface area is 144 Å². The van der Waals surface area contributed by atoms with Gasteiger partial charge >= 0.3 is 0 Å². The zero-order chi connectivity index (χ0) is 16.6. The van der Waals surface area contributed by atoms with Crippen LogP contribution >= 0.6 is 0 Å². The summed E-state index contributed by atoms with van der Waals surface area (Å²) in [5, 5.41) is 3.13. The van der Waals surface area contributed by atoms with Gasteiger partial charge in [0.2, 0.25) is 5.91 Å². The highest BCUT2D eigenvalue weighted by Crippen LogP contribution is 2.20. The highest BCUT2D eigenvalue weighted by Gasteiger charge is 2.30. The molecule has 0 bridgehead atoms. The molecule has 0 aromatic heterocycles. The summed E-state index contributed by atoms with van der Waals surface area (Å²) < 4.78 is 0. The Kier molecular flexibility index (Phi) is 6.02. The van der Waals surface area contributed by atoms with E-state index in [1.165, 1.54) is 11.1 Å². The Morgan fingerprint density at radius 1 is 1.00 bits per heavy atom. The molecule has 2 aromatic rings. The fourth-order valence-electron chi connectivity index (χ4n) is 3.40. The molecule has 1 saturated heterocycles. The van der Waals surface area contributed by atoms with Crippen LogP contribution in [-0.2, 0) is 17.8 Å². The van der Waals surface area contributed by atoms with E-state index in [0.717, 1.165) is 45.3 Å². The third-order valence-electron chi connectivity index (χ3n) is 4.68. The molecule has 0 radical (unpaired) electrons. The summed E-state index contributed by atoms with van der Waals surface area (Å²) in [6.07, 6.45) is 4.08. The summed E-state index contributed by atoms with van der Waals surface area (Å²) in [7, 11) is 0. The van der Waals surface area contributed by atoms with Gasteiger partial charge in [0.25, 0.3) is 0 Å². The smallest absolute Gasteiger partial charge is 0.237 e. The molecule has 0 saturated carbocycles. The second-order valence-electron chi connectivity index (χ2n) is 6.49. The fourth-order valence-corrected chi connectivity index (χ4v) is 3.40. The van der Waals surface area contributed by atoms with Crippen molar-refractivity contribution >= 4 is 5.91 Å². The maximum Gasteiger partial charge on any atom is 0.237 e. The molecule has 0 aliphatic carbocycles. The van der Waals surface area contributed by atoms with Gasteiger partial charge in [-0.2, -0.15) is 0 Å². The molecule has 1 aliphatic heterocycles. The third kappa shape index (κ3) is 4.68. The molecule has 0 spiro atoms. The number of benzene rings is 2. The average Bonchev–Trinajstić information content (AvgIpc) is 3.08. The lowest BCUT2D eigenvalue weighted by molar-refractivity contribution is -0.125. The minimum Gasteiger partial charge on any atom is -0.355 e. The molecule has 3 heteroatoms. The zero-order valence-electron chi connectivity index (χ0n) is 14.2. The van der Waals surface area contributed by atoms with Crippen LogP contribution in [0.1, 0.15) is 30.4 Å². The van der Waals surface area contributed by atoms with Gasteiger partial charge in [-0.15, -0.1) is 0 Å². The van der Waals surface area contributed by atoms with Crippen LogP contribution < -0.4 is 5.32 Å². The highest BCUT2D eigenvalue weighted by molar-refractivity contribution is 5.82. The van der Waals surface area contributed by atoms with E-state index in [9.17, 15) is 4.79 Å². The summed E-state index contributed by atoms with van der Waals surface area (Å²) in [5.74, 6) is 0.191. The van der Waals surface area contributed by atoms with Crippen LogP contribution in [0.5, 0.6) is 0 Å². The van der Waals surface area contributed by atoms with Crippen molar-refractivity contribution in [2.75, 3.05) is 13.1 Å². The summed E-state index contributed by atoms with van der Waals surface area (Å²) in [4.78, 5) is 14.8. The molecule has 1 fully saturated rings. The van der Waals surface area contributed by atoms with Gasteiger partial charge in [0.15, 0.2) is 0 Å². The number of carbonyl (C=O) groups is 1. The predicted octanol–water partition coefficient (Wildman–Crippen LogP) is 3.40. The van der Waals surface area contributed by atoms with Crippen LogP contribution in [-0.4, -0.2) is 29.9 Å². The molecular formula is C21H26N2O. The van der Waals surface area contributed by atoms with E-state index in [1.54, 1.807) is 0 Å². The average molecular weight is 322 g/mol. The number of hydrogen-bond donors (Lipinski definition) is 1. The minimum atomic E-state index is 0.0296. The molecule has 3 rings (SSSR count). The van der Waals surface area contributed by atoms with Gasteiger partial charge in [0.05, 0.1) is 6.04 Å². The second-order valence-corrected chi connectivity index (χ2v) is 6.49. The summed E-state index contributed by atoms with van der Waals surface area (Å²) in [6.45, 7) is 2.63. The molecule has 1 atom stereocenters. The number of aryl methyl sites for hydroxylation is 1. The number of amides is 1. The molecule has 0 unspecified atom stereocenters. The van der Waals surface area contributed by atoms with Crippen molar-refractivity contribution in [2.45, 2.75) is 38.3 Å². The van der Waals surface area contributed by atoms with Crippen LogP contribution in [0.3, 0.4) is 0 Å². The maximum atomic E-state index is 12.5. The Balaban J connectivity index is 1.43. The molecule has 1 heterocycles. The summed E-state index contributed by atoms with van der Waals surface area (Å²) in [5.41, 5.74) is 2.61. The Morgan fingerprint density at radius 2 is 1.67 bits per heavy atom. The van der Waals surface area contributed by atoms with Crippen molar-refractivity contribution < 1.29 is 4.79 Å². The predicted molar refractivity (Wildman–Crippen MR) is 97.6 cm³/mol. The van der Waals surface area contributed by atoms with E-state index in [2.05, 4.69) is 58.7 Å². The van der Waals surface area contributed by atoms with E-state index in [0.29, 0.717) is 0 Å². The Morgan fingerprint density at radius 3 is 2.38 bits per heavy atom. The second kappa shape index (κ2) is 8.65. The molecule has 1 amide bonds. The monoisotopic (exact) mass is 322 g/mol. The lowest BCUT2D eigenvalue weighted by Crippen LogP contribution is -2.43. The molecule has 1 N–H and O–H groups in total. The van der Waals surface area contributed by atoms with Crippen LogP contribution in [0.15, 0.2) is 60.7 Å². The van der Waals surface area contributed by atoms with Crippen LogP contribution in [0, 0.1) is 0 Å². The fraction of sp³-hybridized carbons (Fsp3) is 0.381. The SMILES string of the molecule is O=C(NCCCc1ccccc1)[C@H]1CCCN1Cc1ccccc1. The quantitative estimate of drug-likeness (QED) is 0.793. The van der Waals surface area contributed by atoms with Gasteiger partial charge in [-0.1, -0.05) is 60.7 Å². The number of carbonyl (C=O) groups excluding carboxylic acids is 1. The van der Waals surface area contributed by atoms with Gasteiger partial charge in [-0.25, -0.2) is 0 Å². The molecule has 24 heavy (non-hydrogen) atoms. The molecule has 1 aliphatic rings. The van der Waals surface area contributed by atoms with Gasteiger partial charge in [0.1, 0.15) is 0 Å². The molecular weight excluding hydrogens is 296 g/mol. The van der Waals surface area contributed by atoms with Gasteiger partial charge in [-0.3, -0.25) is 9.69 Å². The first kappa shape index (κ1) is 16.7. The Bertz CT molecular complexity index is 627. The first-order valence-electron chi connectivity index (χ1n) is 8.92. The highest BCUT2D eigenvalue weighted by atomic mass is 16.2. The third-order valence-corrected chi connectivity index (χ3v) is 4.68. The first-order valence-corrected chi connectivity index (χ1v) is 8.92. The van der Waals surface area contributed by atoms with Crippen LogP contribution in [0.2, 0.25) is 0 Å². The van der Waals surface area contributed by atoms with E-state index in [4.69, 9.17) is 0 Å². The standard InChI is InChI=1S/C21H26N2O/c24-21(22-15-7-13-18-9-3-1-4-10-18)20-14-8-16-23(20)17-19-11-5-2-6-12-19/h1-6,9-12,20H,7-8,13-17H2,(H,22,24)/t20-/m1/s1. The van der Waals surface area contributed by atoms with Crippen molar-refractivity contribution in [3.8, 4) is 0 Å². The largest absolute Gasteiger partial charge is 0.355 e. The van der Waals surface area contributed by atoms with Crippen molar-refractivity contribution in [1.29, 1.82) is 0 Å². The van der Waals surface area contributed by atoms with Crippen molar-refractivity contribution in [1.82, 2.24) is 10.2 Å². The number of likely N-dealkylation sites (tertiary alicyclic amines) is 1. The van der Waals surface area contributed by atoms with E-state index in [-0.39, 0.29) is 11.9 Å². The molecule has 2 aromatic carbocycles. The summed E-state index contributed by atoms with van der Waals surface area (Å²) >= 11 is 0. The number of hydrogen-bond acceptors (Lipinski definition) is 2. The number of rotatable bonds is 7.